The van der Waals surface area contributed by atoms with Crippen molar-refractivity contribution in [2.45, 2.75) is 57.2 Å². The summed E-state index contributed by atoms with van der Waals surface area (Å²) in [5.74, 6) is -0.451. The highest BCUT2D eigenvalue weighted by Crippen LogP contribution is 2.30. The third-order valence-electron chi connectivity index (χ3n) is 7.52. The zero-order valence-electron chi connectivity index (χ0n) is 24.0. The lowest BCUT2D eigenvalue weighted by Crippen LogP contribution is -2.55. The van der Waals surface area contributed by atoms with Gasteiger partial charge in [-0.15, -0.1) is 0 Å². The molecule has 42 heavy (non-hydrogen) atoms. The lowest BCUT2D eigenvalue weighted by Gasteiger charge is -2.35. The van der Waals surface area contributed by atoms with Crippen molar-refractivity contribution in [1.82, 2.24) is 10.2 Å². The van der Waals surface area contributed by atoms with Gasteiger partial charge in [-0.25, -0.2) is 8.42 Å². The zero-order chi connectivity index (χ0) is 30.1. The van der Waals surface area contributed by atoms with Gasteiger partial charge in [0.15, 0.2) is 0 Å². The van der Waals surface area contributed by atoms with Gasteiger partial charge in [-0.1, -0.05) is 85.5 Å². The van der Waals surface area contributed by atoms with E-state index in [4.69, 9.17) is 16.3 Å². The number of para-hydroxylation sites is 2. The Hall–Kier alpha value is -3.56. The van der Waals surface area contributed by atoms with Crippen molar-refractivity contribution < 1.29 is 22.7 Å². The summed E-state index contributed by atoms with van der Waals surface area (Å²) in [5.41, 5.74) is 1.90. The fourth-order valence-electron chi connectivity index (χ4n) is 5.32. The minimum absolute atomic E-state index is 0.0399. The summed E-state index contributed by atoms with van der Waals surface area (Å²) in [6, 6.07) is 22.4. The molecule has 1 N–H and O–H groups in total. The molecule has 8 nitrogen and oxygen atoms in total. The first-order chi connectivity index (χ1) is 20.2. The minimum Gasteiger partial charge on any atom is -0.495 e. The van der Waals surface area contributed by atoms with Gasteiger partial charge in [-0.2, -0.15) is 0 Å². The quantitative estimate of drug-likeness (QED) is 0.304. The van der Waals surface area contributed by atoms with E-state index in [0.29, 0.717) is 10.8 Å². The van der Waals surface area contributed by atoms with E-state index in [-0.39, 0.29) is 30.6 Å². The third kappa shape index (κ3) is 8.49. The molecule has 3 aromatic carbocycles. The van der Waals surface area contributed by atoms with Crippen molar-refractivity contribution in [2.75, 3.05) is 24.2 Å². The first kappa shape index (κ1) is 31.4. The van der Waals surface area contributed by atoms with Crippen LogP contribution in [0.2, 0.25) is 5.02 Å². The average molecular weight is 612 g/mol. The molecule has 1 aliphatic carbocycles. The molecule has 1 fully saturated rings. The van der Waals surface area contributed by atoms with Crippen LogP contribution in [0.15, 0.2) is 78.9 Å². The van der Waals surface area contributed by atoms with Gasteiger partial charge in [0.05, 0.1) is 19.1 Å². The van der Waals surface area contributed by atoms with Crippen molar-refractivity contribution in [3.8, 4) is 5.75 Å². The topological polar surface area (TPSA) is 96.0 Å². The molecule has 0 bridgehead atoms. The van der Waals surface area contributed by atoms with E-state index in [0.717, 1.165) is 53.8 Å². The van der Waals surface area contributed by atoms with Crippen LogP contribution in [0.5, 0.6) is 5.75 Å². The highest BCUT2D eigenvalue weighted by Gasteiger charge is 2.34. The average Bonchev–Trinajstić information content (AvgIpc) is 2.99. The lowest BCUT2D eigenvalue weighted by atomic mass is 9.94. The fourth-order valence-corrected chi connectivity index (χ4v) is 6.29. The maximum atomic E-state index is 14.2. The number of anilines is 1. The van der Waals surface area contributed by atoms with E-state index in [1.54, 1.807) is 48.5 Å². The number of methoxy groups -OCH3 is 1. The lowest BCUT2D eigenvalue weighted by molar-refractivity contribution is -0.140. The van der Waals surface area contributed by atoms with Crippen LogP contribution in [0, 0.1) is 0 Å². The second-order valence-corrected chi connectivity index (χ2v) is 13.0. The second kappa shape index (κ2) is 14.6. The number of nitrogens with zero attached hydrogens (tertiary/aromatic N) is 2. The number of benzene rings is 3. The molecule has 1 atom stereocenters. The van der Waals surface area contributed by atoms with Gasteiger partial charge in [-0.05, 0) is 48.2 Å². The van der Waals surface area contributed by atoms with Crippen LogP contribution in [-0.4, -0.2) is 57.1 Å². The van der Waals surface area contributed by atoms with Gasteiger partial charge in [-0.3, -0.25) is 13.9 Å². The van der Waals surface area contributed by atoms with E-state index in [2.05, 4.69) is 5.32 Å². The van der Waals surface area contributed by atoms with E-state index in [1.165, 1.54) is 12.0 Å². The Morgan fingerprint density at radius 3 is 2.21 bits per heavy atom. The highest BCUT2D eigenvalue weighted by atomic mass is 35.5. The Balaban J connectivity index is 1.73. The van der Waals surface area contributed by atoms with Gasteiger partial charge < -0.3 is 15.0 Å². The first-order valence-corrected chi connectivity index (χ1v) is 16.4. The molecule has 0 aliphatic heterocycles. The number of hydrogen-bond donors (Lipinski definition) is 1. The molecule has 0 radical (unpaired) electrons. The molecule has 0 saturated heterocycles. The molecule has 0 unspecified atom stereocenters. The van der Waals surface area contributed by atoms with Crippen LogP contribution in [0.4, 0.5) is 5.69 Å². The number of sulfonamides is 1. The Labute approximate surface area is 253 Å². The molecule has 3 aromatic rings. The van der Waals surface area contributed by atoms with Crippen LogP contribution >= 0.6 is 11.6 Å². The maximum Gasteiger partial charge on any atom is 0.244 e. The second-order valence-electron chi connectivity index (χ2n) is 10.6. The number of rotatable bonds is 12. The largest absolute Gasteiger partial charge is 0.495 e. The van der Waals surface area contributed by atoms with Crippen LogP contribution in [0.1, 0.15) is 43.2 Å². The summed E-state index contributed by atoms with van der Waals surface area (Å²) in [6.07, 6.45) is 6.34. The molecular formula is C32H38ClN3O5S. The molecule has 2 amide bonds. The van der Waals surface area contributed by atoms with Crippen molar-refractivity contribution in [1.29, 1.82) is 0 Å². The normalized spacial score (nSPS) is 14.5. The number of carbonyl (C=O) groups excluding carboxylic acids is 2. The summed E-state index contributed by atoms with van der Waals surface area (Å²) >= 11 is 6.13. The number of carbonyl (C=O) groups is 2. The summed E-state index contributed by atoms with van der Waals surface area (Å²) in [4.78, 5) is 29.7. The zero-order valence-corrected chi connectivity index (χ0v) is 25.6. The van der Waals surface area contributed by atoms with Gasteiger partial charge >= 0.3 is 0 Å². The van der Waals surface area contributed by atoms with Gasteiger partial charge in [0.1, 0.15) is 18.3 Å². The predicted octanol–water partition coefficient (Wildman–Crippen LogP) is 5.20. The summed E-state index contributed by atoms with van der Waals surface area (Å²) in [7, 11) is -2.45. The van der Waals surface area contributed by atoms with Gasteiger partial charge in [0.25, 0.3) is 0 Å². The monoisotopic (exact) mass is 611 g/mol. The SMILES string of the molecule is COc1ccccc1N(CC(=O)N(Cc1ccc(Cl)cc1)[C@@H](Cc1ccccc1)C(=O)NC1CCCCC1)S(C)(=O)=O. The van der Waals surface area contributed by atoms with E-state index >= 15 is 0 Å². The molecule has 1 saturated carbocycles. The van der Waals surface area contributed by atoms with E-state index < -0.39 is 28.5 Å². The predicted molar refractivity (Wildman–Crippen MR) is 166 cm³/mol. The van der Waals surface area contributed by atoms with Gasteiger partial charge in [0.2, 0.25) is 21.8 Å². The summed E-state index contributed by atoms with van der Waals surface area (Å²) < 4.78 is 32.5. The number of ether oxygens (including phenoxy) is 1. The highest BCUT2D eigenvalue weighted by molar-refractivity contribution is 7.92. The Bertz CT molecular complexity index is 1440. The van der Waals surface area contributed by atoms with Crippen LogP contribution in [-0.2, 0) is 32.6 Å². The number of amides is 2. The van der Waals surface area contributed by atoms with E-state index in [1.807, 2.05) is 30.3 Å². The Morgan fingerprint density at radius 2 is 1.57 bits per heavy atom. The van der Waals surface area contributed by atoms with Crippen molar-refractivity contribution in [2.24, 2.45) is 0 Å². The summed E-state index contributed by atoms with van der Waals surface area (Å²) in [6.45, 7) is -0.413. The van der Waals surface area contributed by atoms with Gasteiger partial charge in [0, 0.05) is 24.0 Å². The molecular weight excluding hydrogens is 574 g/mol. The number of hydrogen-bond acceptors (Lipinski definition) is 5. The fraction of sp³-hybridized carbons (Fsp3) is 0.375. The third-order valence-corrected chi connectivity index (χ3v) is 8.90. The van der Waals surface area contributed by atoms with E-state index in [9.17, 15) is 18.0 Å². The molecule has 10 heteroatoms. The van der Waals surface area contributed by atoms with Crippen LogP contribution < -0.4 is 14.4 Å². The van der Waals surface area contributed by atoms with Crippen molar-refractivity contribution in [3.05, 3.63) is 95.0 Å². The van der Waals surface area contributed by atoms with Crippen LogP contribution in [0.25, 0.3) is 0 Å². The maximum absolute atomic E-state index is 14.2. The first-order valence-electron chi connectivity index (χ1n) is 14.1. The number of halogens is 1. The van der Waals surface area contributed by atoms with Crippen molar-refractivity contribution >= 4 is 39.1 Å². The summed E-state index contributed by atoms with van der Waals surface area (Å²) in [5, 5.41) is 3.75. The van der Waals surface area contributed by atoms with Crippen molar-refractivity contribution in [3.63, 3.8) is 0 Å². The molecule has 0 aromatic heterocycles. The molecule has 224 valence electrons. The standard InChI is InChI=1S/C32H38ClN3O5S/c1-41-30-16-10-9-15-28(30)36(42(2,39)40)23-31(37)35(22-25-17-19-26(33)20-18-25)29(21-24-11-5-3-6-12-24)32(38)34-27-13-7-4-8-14-27/h3,5-6,9-12,15-20,27,29H,4,7-8,13-14,21-23H2,1-2H3,(H,34,38)/t29-/m0/s1. The molecule has 0 heterocycles. The van der Waals surface area contributed by atoms with Crippen LogP contribution in [0.3, 0.4) is 0 Å². The smallest absolute Gasteiger partial charge is 0.244 e. The Kier molecular flexibility index (Phi) is 10.9. The molecule has 4 rings (SSSR count). The molecule has 0 spiro atoms. The number of nitrogens with one attached hydrogen (secondary N) is 1. The Morgan fingerprint density at radius 1 is 0.929 bits per heavy atom. The molecule has 1 aliphatic rings. The minimum atomic E-state index is -3.90.